The van der Waals surface area contributed by atoms with Crippen molar-refractivity contribution in [2.24, 2.45) is 29.6 Å². The molecule has 0 fully saturated rings. The van der Waals surface area contributed by atoms with Gasteiger partial charge in [0.2, 0.25) is 0 Å². The Labute approximate surface area is 222 Å². The quantitative estimate of drug-likeness (QED) is 0.237. The lowest BCUT2D eigenvalue weighted by molar-refractivity contribution is 0.458. The second-order valence-electron chi connectivity index (χ2n) is 10.6. The van der Waals surface area contributed by atoms with E-state index in [0.29, 0.717) is 34.8 Å². The molecule has 1 heterocycles. The summed E-state index contributed by atoms with van der Waals surface area (Å²) in [4.78, 5) is 4.06. The Morgan fingerprint density at radius 1 is 1.29 bits per heavy atom. The van der Waals surface area contributed by atoms with Gasteiger partial charge in [-0.05, 0) is 73.3 Å². The molecule has 0 bridgehead atoms. The Morgan fingerprint density at radius 3 is 2.66 bits per heavy atom. The largest absolute Gasteiger partial charge is 0.384 e. The Hall–Kier alpha value is -1.93. The summed E-state index contributed by atoms with van der Waals surface area (Å²) in [5.41, 5.74) is 6.82. The molecule has 1 aromatic rings. The first-order valence-electron chi connectivity index (χ1n) is 13.0. The number of allylic oxidation sites excluding steroid dienone is 7. The van der Waals surface area contributed by atoms with Gasteiger partial charge in [0.1, 0.15) is 0 Å². The van der Waals surface area contributed by atoms with Crippen LogP contribution in [0.3, 0.4) is 0 Å². The third-order valence-electron chi connectivity index (χ3n) is 7.04. The van der Waals surface area contributed by atoms with Crippen molar-refractivity contribution in [2.45, 2.75) is 59.6 Å². The predicted molar refractivity (Wildman–Crippen MR) is 160 cm³/mol. The number of thioether (sulfide) groups is 1. The molecule has 1 aromatic heterocycles. The molecule has 188 valence electrons. The standard InChI is InChI=1S/C32H43NS2/c1-9-10-11-18-33-25(8)29-16-17-30(35-29)32(22(4)5)34-28-19-23(6)31(24(7)20-28)27-14-12-26(13-15-27)21(2)3/h10,12,14-17,19-23,26,31-33H,1,8,11,13,18H2,2-7H3. The molecule has 35 heavy (non-hydrogen) atoms. The van der Waals surface area contributed by atoms with Gasteiger partial charge in [0, 0.05) is 38.1 Å². The third-order valence-corrected chi connectivity index (χ3v) is 9.99. The van der Waals surface area contributed by atoms with Crippen LogP contribution in [0.15, 0.2) is 83.5 Å². The van der Waals surface area contributed by atoms with E-state index in [9.17, 15) is 0 Å². The fourth-order valence-electron chi connectivity index (χ4n) is 4.97. The van der Waals surface area contributed by atoms with Crippen LogP contribution in [0.4, 0.5) is 0 Å². The molecular weight excluding hydrogens is 462 g/mol. The van der Waals surface area contributed by atoms with E-state index in [1.54, 1.807) is 0 Å². The minimum absolute atomic E-state index is 0.435. The van der Waals surface area contributed by atoms with E-state index in [2.05, 4.69) is 108 Å². The molecule has 0 saturated carbocycles. The maximum Gasteiger partial charge on any atom is 0.0499 e. The lowest BCUT2D eigenvalue weighted by atomic mass is 9.75. The number of hydrogen-bond acceptors (Lipinski definition) is 3. The SMILES string of the molecule is C=C=CCCNC(=C)c1ccc(C(SC2=CC(C)C(C3=CCC(C(C)C)C=C3)C(C)=C2)C(C)C)s1. The minimum atomic E-state index is 0.435. The van der Waals surface area contributed by atoms with Crippen molar-refractivity contribution in [3.8, 4) is 0 Å². The monoisotopic (exact) mass is 505 g/mol. The molecule has 1 nitrogen and oxygen atoms in total. The van der Waals surface area contributed by atoms with Gasteiger partial charge >= 0.3 is 0 Å². The maximum absolute atomic E-state index is 4.25. The number of nitrogens with one attached hydrogen (secondary N) is 1. The molecule has 0 amide bonds. The minimum Gasteiger partial charge on any atom is -0.384 e. The van der Waals surface area contributed by atoms with Crippen molar-refractivity contribution in [3.63, 3.8) is 0 Å². The predicted octanol–water partition coefficient (Wildman–Crippen LogP) is 9.72. The molecular formula is C32H43NS2. The van der Waals surface area contributed by atoms with E-state index in [1.807, 2.05) is 29.2 Å². The Kier molecular flexibility index (Phi) is 10.2. The van der Waals surface area contributed by atoms with Crippen molar-refractivity contribution < 1.29 is 0 Å². The zero-order valence-electron chi connectivity index (χ0n) is 22.4. The van der Waals surface area contributed by atoms with E-state index in [0.717, 1.165) is 18.7 Å². The number of hydrogen-bond donors (Lipinski definition) is 1. The normalized spacial score (nSPS) is 22.9. The molecule has 2 aliphatic carbocycles. The van der Waals surface area contributed by atoms with Crippen LogP contribution in [0.5, 0.6) is 0 Å². The number of thiophene rings is 1. The summed E-state index contributed by atoms with van der Waals surface area (Å²) in [7, 11) is 0. The average molecular weight is 506 g/mol. The summed E-state index contributed by atoms with van der Waals surface area (Å²) < 4.78 is 0. The molecule has 0 saturated heterocycles. The van der Waals surface area contributed by atoms with Crippen LogP contribution in [0.2, 0.25) is 0 Å². The van der Waals surface area contributed by atoms with Gasteiger partial charge in [0.25, 0.3) is 0 Å². The summed E-state index contributed by atoms with van der Waals surface area (Å²) in [6, 6.07) is 4.51. The second-order valence-corrected chi connectivity index (χ2v) is 12.9. The molecule has 4 atom stereocenters. The Morgan fingerprint density at radius 2 is 2.06 bits per heavy atom. The summed E-state index contributed by atoms with van der Waals surface area (Å²) in [6.45, 7) is 22.8. The van der Waals surface area contributed by atoms with Crippen LogP contribution in [0, 0.1) is 29.6 Å². The van der Waals surface area contributed by atoms with Crippen LogP contribution >= 0.6 is 23.1 Å². The van der Waals surface area contributed by atoms with Crippen molar-refractivity contribution >= 4 is 28.8 Å². The summed E-state index contributed by atoms with van der Waals surface area (Å²) >= 11 is 3.89. The van der Waals surface area contributed by atoms with Gasteiger partial charge < -0.3 is 5.32 Å². The van der Waals surface area contributed by atoms with Crippen molar-refractivity contribution in [1.82, 2.24) is 5.32 Å². The van der Waals surface area contributed by atoms with Crippen LogP contribution in [-0.4, -0.2) is 6.54 Å². The zero-order valence-corrected chi connectivity index (χ0v) is 24.1. The average Bonchev–Trinajstić information content (AvgIpc) is 3.30. The van der Waals surface area contributed by atoms with Gasteiger partial charge in [-0.2, -0.15) is 0 Å². The Balaban J connectivity index is 1.69. The van der Waals surface area contributed by atoms with Crippen LogP contribution in [0.1, 0.15) is 69.4 Å². The highest BCUT2D eigenvalue weighted by atomic mass is 32.2. The van der Waals surface area contributed by atoms with E-state index in [-0.39, 0.29) is 0 Å². The lowest BCUT2D eigenvalue weighted by Gasteiger charge is -2.32. The van der Waals surface area contributed by atoms with E-state index in [4.69, 9.17) is 0 Å². The molecule has 3 heteroatoms. The maximum atomic E-state index is 4.25. The van der Waals surface area contributed by atoms with Gasteiger partial charge in [0.15, 0.2) is 0 Å². The molecule has 4 unspecified atom stereocenters. The topological polar surface area (TPSA) is 12.0 Å². The first-order chi connectivity index (χ1) is 16.7. The van der Waals surface area contributed by atoms with Gasteiger partial charge in [-0.3, -0.25) is 0 Å². The first kappa shape index (κ1) is 27.7. The van der Waals surface area contributed by atoms with E-state index in [1.165, 1.54) is 32.2 Å². The molecule has 0 spiro atoms. The van der Waals surface area contributed by atoms with Gasteiger partial charge in [0.05, 0.1) is 0 Å². The van der Waals surface area contributed by atoms with Crippen LogP contribution in [0.25, 0.3) is 5.70 Å². The molecule has 0 radical (unpaired) electrons. The Bertz CT molecular complexity index is 1060. The van der Waals surface area contributed by atoms with Gasteiger partial charge in [-0.25, -0.2) is 0 Å². The lowest BCUT2D eigenvalue weighted by Crippen LogP contribution is -2.19. The number of rotatable bonds is 11. The molecule has 3 rings (SSSR count). The summed E-state index contributed by atoms with van der Waals surface area (Å²) in [5.74, 6) is 2.95. The van der Waals surface area contributed by atoms with Crippen molar-refractivity contribution in [3.05, 3.63) is 93.3 Å². The molecule has 1 N–H and O–H groups in total. The first-order valence-corrected chi connectivity index (χ1v) is 14.7. The van der Waals surface area contributed by atoms with Crippen LogP contribution < -0.4 is 5.32 Å². The zero-order chi connectivity index (χ0) is 25.5. The van der Waals surface area contributed by atoms with Crippen LogP contribution in [-0.2, 0) is 0 Å². The van der Waals surface area contributed by atoms with E-state index < -0.39 is 0 Å². The smallest absolute Gasteiger partial charge is 0.0499 e. The third kappa shape index (κ3) is 7.29. The highest BCUT2D eigenvalue weighted by Gasteiger charge is 2.28. The highest BCUT2D eigenvalue weighted by molar-refractivity contribution is 8.03. The fraction of sp³-hybridized carbons (Fsp3) is 0.469. The van der Waals surface area contributed by atoms with E-state index >= 15 is 0 Å². The fourth-order valence-corrected chi connectivity index (χ4v) is 7.68. The highest BCUT2D eigenvalue weighted by Crippen LogP contribution is 2.47. The second kappa shape index (κ2) is 12.9. The molecule has 2 aliphatic rings. The molecule has 0 aromatic carbocycles. The molecule has 0 aliphatic heterocycles. The van der Waals surface area contributed by atoms with Gasteiger partial charge in [-0.1, -0.05) is 77.7 Å². The van der Waals surface area contributed by atoms with Gasteiger partial charge in [-0.15, -0.1) is 28.8 Å². The summed E-state index contributed by atoms with van der Waals surface area (Å²) in [6.07, 6.45) is 16.3. The van der Waals surface area contributed by atoms with Crippen molar-refractivity contribution in [1.29, 1.82) is 0 Å². The van der Waals surface area contributed by atoms with Crippen molar-refractivity contribution in [2.75, 3.05) is 6.54 Å². The summed E-state index contributed by atoms with van der Waals surface area (Å²) in [5, 5.41) is 3.87.